The molecule has 0 aromatic heterocycles. The van der Waals surface area contributed by atoms with Gasteiger partial charge in [0.15, 0.2) is 0 Å². The molecule has 6 aromatic carbocycles. The molecule has 1 nitrogen and oxygen atoms in total. The van der Waals surface area contributed by atoms with Gasteiger partial charge in [-0.25, -0.2) is 0 Å². The third-order valence-electron chi connectivity index (χ3n) is 6.23. The zero-order valence-corrected chi connectivity index (χ0v) is 29.9. The fraction of sp³-hybridized carbons (Fsp3) is 0.0732. The molecule has 0 bridgehead atoms. The zero-order valence-electron chi connectivity index (χ0n) is 25.9. The molecule has 0 atom stereocenters. The molecule has 0 fully saturated rings. The van der Waals surface area contributed by atoms with Crippen molar-refractivity contribution in [2.24, 2.45) is 0 Å². The van der Waals surface area contributed by atoms with Crippen molar-refractivity contribution in [2.45, 2.75) is 20.3 Å². The van der Waals surface area contributed by atoms with Crippen LogP contribution < -0.4 is 31.8 Å². The topological polar surface area (TPSA) is 17.1 Å². The fourth-order valence-electron chi connectivity index (χ4n) is 4.36. The summed E-state index contributed by atoms with van der Waals surface area (Å²) in [7, 11) is -0.892. The van der Waals surface area contributed by atoms with Crippen LogP contribution in [0.25, 0.3) is 0 Å². The summed E-state index contributed by atoms with van der Waals surface area (Å²) < 4.78 is 0. The van der Waals surface area contributed by atoms with Gasteiger partial charge in [0.25, 0.3) is 0 Å². The molecule has 0 spiro atoms. The van der Waals surface area contributed by atoms with Gasteiger partial charge in [-0.2, -0.15) is 13.3 Å². The molecule has 0 unspecified atom stereocenters. The minimum atomic E-state index is -0.446. The number of rotatable bonds is 7. The molecular formula is C41H40OP2Pt. The van der Waals surface area contributed by atoms with E-state index in [2.05, 4.69) is 189 Å². The van der Waals surface area contributed by atoms with Crippen LogP contribution in [0.2, 0.25) is 0 Å². The van der Waals surface area contributed by atoms with Crippen molar-refractivity contribution in [1.82, 2.24) is 0 Å². The van der Waals surface area contributed by atoms with Crippen LogP contribution in [0.3, 0.4) is 0 Å². The van der Waals surface area contributed by atoms with E-state index in [-0.39, 0.29) is 21.1 Å². The predicted octanol–water partition coefficient (Wildman–Crippen LogP) is 8.23. The van der Waals surface area contributed by atoms with E-state index < -0.39 is 15.8 Å². The molecule has 4 heteroatoms. The van der Waals surface area contributed by atoms with Gasteiger partial charge in [0, 0.05) is 0 Å². The second-order valence-corrected chi connectivity index (χ2v) is 13.6. The first-order chi connectivity index (χ1) is 21.8. The minimum Gasteiger partial charge on any atom is -0.542 e. The first-order valence-electron chi connectivity index (χ1n) is 14.8. The molecule has 230 valence electrons. The Labute approximate surface area is 287 Å². The molecule has 0 radical (unpaired) electrons. The van der Waals surface area contributed by atoms with Crippen LogP contribution in [0.4, 0.5) is 0 Å². The van der Waals surface area contributed by atoms with E-state index in [1.807, 2.05) is 0 Å². The Morgan fingerprint density at radius 2 is 0.533 bits per heavy atom. The van der Waals surface area contributed by atoms with Gasteiger partial charge >= 0.3 is 21.1 Å². The molecule has 0 heterocycles. The summed E-state index contributed by atoms with van der Waals surface area (Å²) in [5.41, 5.74) is 0. The van der Waals surface area contributed by atoms with Crippen molar-refractivity contribution in [3.05, 3.63) is 189 Å². The third-order valence-corrected chi connectivity index (χ3v) is 11.1. The third kappa shape index (κ3) is 12.5. The number of benzene rings is 6. The molecule has 6 rings (SSSR count). The molecule has 0 saturated carbocycles. The Morgan fingerprint density at radius 3 is 0.644 bits per heavy atom. The van der Waals surface area contributed by atoms with Gasteiger partial charge in [-0.3, -0.25) is 6.29 Å². The molecule has 45 heavy (non-hydrogen) atoms. The van der Waals surface area contributed by atoms with Crippen molar-refractivity contribution < 1.29 is 25.9 Å². The van der Waals surface area contributed by atoms with Crippen LogP contribution in [0.1, 0.15) is 20.3 Å². The first kappa shape index (κ1) is 37.7. The van der Waals surface area contributed by atoms with Gasteiger partial charge in [0.05, 0.1) is 0 Å². The van der Waals surface area contributed by atoms with Crippen molar-refractivity contribution >= 4 is 54.0 Å². The molecule has 0 saturated heterocycles. The average molecular weight is 806 g/mol. The van der Waals surface area contributed by atoms with E-state index >= 15 is 0 Å². The standard InChI is InChI=1S/2C18H15P.C3H5O.C2H5.Pt/c2*1-4-10-16(11-5-1)19(17-12-6-2-7-13-17)18-14-8-3-9-15-18;1-2-3-4;1-2;/h2*1-15H;2H2,1H3;1H2,2H3;/q;;2*-1;+2. The van der Waals surface area contributed by atoms with Crippen molar-refractivity contribution in [1.29, 1.82) is 0 Å². The number of carbonyl (C=O) groups excluding carboxylic acids is 1. The van der Waals surface area contributed by atoms with Gasteiger partial charge in [-0.1, -0.05) is 189 Å². The monoisotopic (exact) mass is 805 g/mol. The number of hydrogen-bond acceptors (Lipinski definition) is 1. The van der Waals surface area contributed by atoms with Gasteiger partial charge in [0.1, 0.15) is 0 Å². The van der Waals surface area contributed by atoms with E-state index in [4.69, 9.17) is 4.79 Å². The van der Waals surface area contributed by atoms with E-state index in [1.165, 1.54) is 31.8 Å². The summed E-state index contributed by atoms with van der Waals surface area (Å²) in [5, 5.41) is 8.39. The van der Waals surface area contributed by atoms with Gasteiger partial charge in [0.2, 0.25) is 0 Å². The number of hydrogen-bond donors (Lipinski definition) is 0. The largest absolute Gasteiger partial charge is 2.00 e. The van der Waals surface area contributed by atoms with Crippen LogP contribution in [0.5, 0.6) is 0 Å². The zero-order chi connectivity index (χ0) is 31.2. The van der Waals surface area contributed by atoms with E-state index in [0.29, 0.717) is 6.42 Å². The van der Waals surface area contributed by atoms with Gasteiger partial charge in [-0.15, -0.1) is 0 Å². The Bertz CT molecular complexity index is 1240. The Hall–Kier alpha value is -3.46. The Kier molecular flexibility index (Phi) is 19.2. The van der Waals surface area contributed by atoms with Crippen LogP contribution in [-0.4, -0.2) is 6.29 Å². The maximum absolute atomic E-state index is 9.05. The van der Waals surface area contributed by atoms with E-state index in [0.717, 1.165) is 0 Å². The molecular weight excluding hydrogens is 765 g/mol. The summed E-state index contributed by atoms with van der Waals surface area (Å²) in [6.45, 7) is 6.76. The van der Waals surface area contributed by atoms with E-state index in [1.54, 1.807) is 20.1 Å². The predicted molar refractivity (Wildman–Crippen MR) is 197 cm³/mol. The van der Waals surface area contributed by atoms with Crippen molar-refractivity contribution in [3.63, 3.8) is 0 Å². The first-order valence-corrected chi connectivity index (χ1v) is 17.5. The van der Waals surface area contributed by atoms with Crippen LogP contribution in [0.15, 0.2) is 182 Å². The summed E-state index contributed by atoms with van der Waals surface area (Å²) in [4.78, 5) is 9.05. The Balaban J connectivity index is 0.000000262. The maximum Gasteiger partial charge on any atom is 2.00 e. The van der Waals surface area contributed by atoms with Gasteiger partial charge in [-0.05, 0) is 47.7 Å². The quantitative estimate of drug-likeness (QED) is 0.118. The Morgan fingerprint density at radius 1 is 0.400 bits per heavy atom. The smallest absolute Gasteiger partial charge is 0.542 e. The molecule has 0 aliphatic heterocycles. The van der Waals surface area contributed by atoms with Crippen molar-refractivity contribution in [3.8, 4) is 0 Å². The molecule has 0 aliphatic rings. The SMILES string of the molecule is CC[C-]=O.[CH2-]C.[Pt+2].c1ccc(P(c2ccccc2)c2ccccc2)cc1.c1ccc(P(c2ccccc2)c2ccccc2)cc1. The molecule has 0 N–H and O–H groups in total. The molecule has 0 amide bonds. The minimum absolute atomic E-state index is 0. The van der Waals surface area contributed by atoms with E-state index in [9.17, 15) is 0 Å². The van der Waals surface area contributed by atoms with Crippen molar-refractivity contribution in [2.75, 3.05) is 0 Å². The van der Waals surface area contributed by atoms with Crippen LogP contribution in [-0.2, 0) is 25.9 Å². The maximum atomic E-state index is 9.05. The normalized spacial score (nSPS) is 9.62. The average Bonchev–Trinajstić information content (AvgIpc) is 3.13. The molecule has 6 aromatic rings. The van der Waals surface area contributed by atoms with Gasteiger partial charge < -0.3 is 11.7 Å². The van der Waals surface area contributed by atoms with Crippen LogP contribution >= 0.6 is 15.8 Å². The summed E-state index contributed by atoms with van der Waals surface area (Å²) in [6.07, 6.45) is 2.19. The second-order valence-electron chi connectivity index (χ2n) is 9.18. The summed E-state index contributed by atoms with van der Waals surface area (Å²) in [6, 6.07) is 64.7. The van der Waals surface area contributed by atoms with Crippen LogP contribution in [0, 0.1) is 6.92 Å². The fourth-order valence-corrected chi connectivity index (χ4v) is 8.97. The molecule has 0 aliphatic carbocycles. The summed E-state index contributed by atoms with van der Waals surface area (Å²) in [5.74, 6) is 0. The second kappa shape index (κ2) is 23.0. The summed E-state index contributed by atoms with van der Waals surface area (Å²) >= 11 is 0.